The van der Waals surface area contributed by atoms with Crippen LogP contribution < -0.4 is 4.90 Å². The molecule has 0 aliphatic rings. The van der Waals surface area contributed by atoms with E-state index in [0.717, 1.165) is 29.8 Å². The van der Waals surface area contributed by atoms with Crippen molar-refractivity contribution < 1.29 is 4.42 Å². The maximum Gasteiger partial charge on any atom is 0.192 e. The molecule has 2 aromatic rings. The molecule has 4 heteroatoms. The molecule has 0 atom stereocenters. The summed E-state index contributed by atoms with van der Waals surface area (Å²) in [5.74, 6) is 1.63. The molecule has 0 aliphatic carbocycles. The summed E-state index contributed by atoms with van der Waals surface area (Å²) in [6, 6.07) is 6.09. The summed E-state index contributed by atoms with van der Waals surface area (Å²) < 4.78 is 5.44. The van der Waals surface area contributed by atoms with E-state index < -0.39 is 0 Å². The number of rotatable bonds is 4. The van der Waals surface area contributed by atoms with Crippen LogP contribution >= 0.6 is 12.6 Å². The van der Waals surface area contributed by atoms with Gasteiger partial charge in [-0.15, -0.1) is 0 Å². The lowest BCUT2D eigenvalue weighted by molar-refractivity contribution is 0.561. The van der Waals surface area contributed by atoms with E-state index in [9.17, 15) is 0 Å². The van der Waals surface area contributed by atoms with E-state index in [4.69, 9.17) is 4.42 Å². The molecule has 0 fully saturated rings. The van der Waals surface area contributed by atoms with Crippen LogP contribution in [-0.4, -0.2) is 24.3 Å². The lowest BCUT2D eigenvalue weighted by Crippen LogP contribution is -2.18. The molecule has 0 bridgehead atoms. The van der Waals surface area contributed by atoms with E-state index in [1.807, 2.05) is 13.0 Å². The predicted molar refractivity (Wildman–Crippen MR) is 70.5 cm³/mol. The number of nitrogens with zero attached hydrogens (tertiary/aromatic N) is 2. The highest BCUT2D eigenvalue weighted by atomic mass is 32.1. The van der Waals surface area contributed by atoms with Gasteiger partial charge in [-0.25, -0.2) is 4.98 Å². The fourth-order valence-electron chi connectivity index (χ4n) is 1.71. The molecule has 1 aromatic heterocycles. The molecular weight excluding hydrogens is 220 g/mol. The van der Waals surface area contributed by atoms with E-state index in [-0.39, 0.29) is 0 Å². The van der Waals surface area contributed by atoms with Crippen LogP contribution in [0.5, 0.6) is 0 Å². The first-order chi connectivity index (χ1) is 7.70. The highest BCUT2D eigenvalue weighted by molar-refractivity contribution is 7.80. The molecule has 0 N–H and O–H groups in total. The molecule has 2 rings (SSSR count). The normalized spacial score (nSPS) is 10.9. The number of aryl methyl sites for hydroxylation is 1. The first-order valence-electron chi connectivity index (χ1n) is 5.40. The summed E-state index contributed by atoms with van der Waals surface area (Å²) in [5, 5.41) is 0. The van der Waals surface area contributed by atoms with E-state index in [0.29, 0.717) is 5.89 Å². The molecule has 0 spiro atoms. The standard InChI is InChI=1S/C12H16N2OS/c1-9-13-11-8-10(4-5-12(11)15-9)14(2)6-3-7-16/h4-5,8,16H,3,6-7H2,1-2H3. The molecule has 86 valence electrons. The number of aromatic nitrogens is 1. The van der Waals surface area contributed by atoms with Gasteiger partial charge in [-0.1, -0.05) is 0 Å². The fourth-order valence-corrected chi connectivity index (χ4v) is 1.85. The number of anilines is 1. The molecule has 3 nitrogen and oxygen atoms in total. The third-order valence-electron chi connectivity index (χ3n) is 2.57. The minimum Gasteiger partial charge on any atom is -0.441 e. The zero-order valence-corrected chi connectivity index (χ0v) is 10.5. The summed E-state index contributed by atoms with van der Waals surface area (Å²) in [4.78, 5) is 6.54. The van der Waals surface area contributed by atoms with Crippen molar-refractivity contribution in [2.75, 3.05) is 24.2 Å². The number of benzene rings is 1. The maximum absolute atomic E-state index is 5.44. The van der Waals surface area contributed by atoms with Crippen LogP contribution in [0.3, 0.4) is 0 Å². The second-order valence-corrected chi connectivity index (χ2v) is 4.33. The van der Waals surface area contributed by atoms with Crippen LogP contribution in [-0.2, 0) is 0 Å². The average Bonchev–Trinajstić information content (AvgIpc) is 2.64. The van der Waals surface area contributed by atoms with Gasteiger partial charge in [0.25, 0.3) is 0 Å². The highest BCUT2D eigenvalue weighted by Gasteiger charge is 2.05. The van der Waals surface area contributed by atoms with Crippen LogP contribution in [0.2, 0.25) is 0 Å². The maximum atomic E-state index is 5.44. The van der Waals surface area contributed by atoms with E-state index in [1.165, 1.54) is 5.69 Å². The van der Waals surface area contributed by atoms with Gasteiger partial charge in [0.05, 0.1) is 0 Å². The molecule has 1 heterocycles. The second kappa shape index (κ2) is 4.78. The number of hydrogen-bond acceptors (Lipinski definition) is 4. The van der Waals surface area contributed by atoms with Crippen molar-refractivity contribution in [2.24, 2.45) is 0 Å². The van der Waals surface area contributed by atoms with Crippen molar-refractivity contribution in [1.82, 2.24) is 4.98 Å². The van der Waals surface area contributed by atoms with Gasteiger partial charge >= 0.3 is 0 Å². The Balaban J connectivity index is 2.24. The minimum absolute atomic E-state index is 0.713. The molecule has 0 aliphatic heterocycles. The first-order valence-corrected chi connectivity index (χ1v) is 6.03. The van der Waals surface area contributed by atoms with Crippen molar-refractivity contribution in [3.05, 3.63) is 24.1 Å². The summed E-state index contributed by atoms with van der Waals surface area (Å²) in [6.45, 7) is 2.87. The number of thiol groups is 1. The van der Waals surface area contributed by atoms with Crippen molar-refractivity contribution in [2.45, 2.75) is 13.3 Å². The first kappa shape index (κ1) is 11.3. The summed E-state index contributed by atoms with van der Waals surface area (Å²) in [6.07, 6.45) is 1.08. The average molecular weight is 236 g/mol. The number of hydrogen-bond donors (Lipinski definition) is 1. The molecule has 1 aromatic carbocycles. The Morgan fingerprint density at radius 1 is 1.44 bits per heavy atom. The minimum atomic E-state index is 0.713. The van der Waals surface area contributed by atoms with Crippen LogP contribution in [0.4, 0.5) is 5.69 Å². The van der Waals surface area contributed by atoms with Crippen molar-refractivity contribution in [1.29, 1.82) is 0 Å². The van der Waals surface area contributed by atoms with Crippen LogP contribution in [0.15, 0.2) is 22.6 Å². The summed E-state index contributed by atoms with van der Waals surface area (Å²) in [5.41, 5.74) is 2.94. The molecule has 16 heavy (non-hydrogen) atoms. The quantitative estimate of drug-likeness (QED) is 0.828. The zero-order chi connectivity index (χ0) is 11.5. The summed E-state index contributed by atoms with van der Waals surface area (Å²) in [7, 11) is 2.08. The van der Waals surface area contributed by atoms with Gasteiger partial charge in [-0.2, -0.15) is 12.6 Å². The van der Waals surface area contributed by atoms with E-state index >= 15 is 0 Å². The van der Waals surface area contributed by atoms with Gasteiger partial charge in [0, 0.05) is 26.2 Å². The van der Waals surface area contributed by atoms with Gasteiger partial charge in [0.1, 0.15) is 5.52 Å². The predicted octanol–water partition coefficient (Wildman–Crippen LogP) is 2.89. The topological polar surface area (TPSA) is 29.3 Å². The van der Waals surface area contributed by atoms with Crippen molar-refractivity contribution in [3.63, 3.8) is 0 Å². The second-order valence-electron chi connectivity index (χ2n) is 3.88. The molecule has 0 unspecified atom stereocenters. The fraction of sp³-hybridized carbons (Fsp3) is 0.417. The molecule has 0 radical (unpaired) electrons. The van der Waals surface area contributed by atoms with Gasteiger partial charge in [-0.3, -0.25) is 0 Å². The SMILES string of the molecule is Cc1nc2cc(N(C)CCCS)ccc2o1. The highest BCUT2D eigenvalue weighted by Crippen LogP contribution is 2.21. The molecule has 0 saturated heterocycles. The Kier molecular flexibility index (Phi) is 3.39. The Hall–Kier alpha value is -1.16. The Bertz CT molecular complexity index is 481. The molecule has 0 amide bonds. The number of fused-ring (bicyclic) bond motifs is 1. The largest absolute Gasteiger partial charge is 0.441 e. The van der Waals surface area contributed by atoms with Crippen LogP contribution in [0.1, 0.15) is 12.3 Å². The lowest BCUT2D eigenvalue weighted by atomic mass is 10.2. The van der Waals surface area contributed by atoms with Crippen LogP contribution in [0, 0.1) is 6.92 Å². The number of oxazole rings is 1. The van der Waals surface area contributed by atoms with E-state index in [1.54, 1.807) is 0 Å². The lowest BCUT2D eigenvalue weighted by Gasteiger charge is -2.18. The Morgan fingerprint density at radius 3 is 3.00 bits per heavy atom. The van der Waals surface area contributed by atoms with Crippen LogP contribution in [0.25, 0.3) is 11.1 Å². The van der Waals surface area contributed by atoms with Gasteiger partial charge in [-0.05, 0) is 30.4 Å². The third-order valence-corrected chi connectivity index (χ3v) is 2.89. The van der Waals surface area contributed by atoms with Gasteiger partial charge in [0.15, 0.2) is 11.5 Å². The smallest absolute Gasteiger partial charge is 0.192 e. The molecule has 0 saturated carbocycles. The zero-order valence-electron chi connectivity index (χ0n) is 9.60. The Morgan fingerprint density at radius 2 is 2.25 bits per heavy atom. The Labute approximate surface area is 101 Å². The third kappa shape index (κ3) is 2.32. The van der Waals surface area contributed by atoms with Crippen molar-refractivity contribution >= 4 is 29.4 Å². The monoisotopic (exact) mass is 236 g/mol. The van der Waals surface area contributed by atoms with Gasteiger partial charge in [0.2, 0.25) is 0 Å². The summed E-state index contributed by atoms with van der Waals surface area (Å²) >= 11 is 4.22. The van der Waals surface area contributed by atoms with Crippen molar-refractivity contribution in [3.8, 4) is 0 Å². The van der Waals surface area contributed by atoms with E-state index in [2.05, 4.69) is 41.7 Å². The van der Waals surface area contributed by atoms with Gasteiger partial charge < -0.3 is 9.32 Å². The molecular formula is C12H16N2OS.